The van der Waals surface area contributed by atoms with Gasteiger partial charge in [0, 0.05) is 17.3 Å². The van der Waals surface area contributed by atoms with Crippen molar-refractivity contribution in [2.45, 2.75) is 0 Å². The fourth-order valence-corrected chi connectivity index (χ4v) is 2.48. The number of rotatable bonds is 5. The van der Waals surface area contributed by atoms with Crippen LogP contribution in [-0.4, -0.2) is 22.7 Å². The Morgan fingerprint density at radius 3 is 2.63 bits per heavy atom. The van der Waals surface area contributed by atoms with E-state index < -0.39 is 0 Å². The number of hydrogen-bond acceptors (Lipinski definition) is 8. The molecule has 0 saturated heterocycles. The number of nitrogens with one attached hydrogen (secondary N) is 3. The Morgan fingerprint density at radius 2 is 1.78 bits per heavy atom. The summed E-state index contributed by atoms with van der Waals surface area (Å²) in [6.07, 6.45) is 1.34. The van der Waals surface area contributed by atoms with Crippen LogP contribution in [-0.2, 0) is 0 Å². The number of carbonyl (C=O) groups is 1. The van der Waals surface area contributed by atoms with E-state index in [4.69, 9.17) is 15.2 Å². The Kier molecular flexibility index (Phi) is 4.32. The molecule has 9 nitrogen and oxygen atoms in total. The molecule has 1 aliphatic heterocycles. The Balaban J connectivity index is 1.47. The zero-order valence-electron chi connectivity index (χ0n) is 14.1. The minimum Gasteiger partial charge on any atom is -0.454 e. The number of carbonyl (C=O) groups excluding carboxylic acids is 1. The lowest BCUT2D eigenvalue weighted by Gasteiger charge is -2.13. The summed E-state index contributed by atoms with van der Waals surface area (Å²) in [6, 6.07) is 14.2. The summed E-state index contributed by atoms with van der Waals surface area (Å²) in [5, 5.41) is 3.10. The number of hydrazine groups is 1. The standard InChI is InChI=1S/C18H16N6O3/c19-15-16(22-12-6-7-13-14(8-12)27-10-26-13)20-9-21-17(15)23-24-18(25)11-4-2-1-3-5-11/h1-9H,10,19H2,(H,24,25)(H2,20,21,22,23). The number of amides is 1. The molecule has 0 unspecified atom stereocenters. The van der Waals surface area contributed by atoms with E-state index in [2.05, 4.69) is 26.1 Å². The van der Waals surface area contributed by atoms with Crippen molar-refractivity contribution in [3.8, 4) is 11.5 Å². The van der Waals surface area contributed by atoms with Crippen molar-refractivity contribution in [1.82, 2.24) is 15.4 Å². The first-order valence-corrected chi connectivity index (χ1v) is 8.09. The number of fused-ring (bicyclic) bond motifs is 1. The van der Waals surface area contributed by atoms with E-state index in [1.807, 2.05) is 12.1 Å². The van der Waals surface area contributed by atoms with Gasteiger partial charge >= 0.3 is 0 Å². The quantitative estimate of drug-likeness (QED) is 0.509. The fourth-order valence-electron chi connectivity index (χ4n) is 2.48. The molecule has 2 heterocycles. The van der Waals surface area contributed by atoms with Crippen molar-refractivity contribution >= 4 is 28.9 Å². The Hall–Kier alpha value is -4.01. The van der Waals surface area contributed by atoms with Crippen molar-refractivity contribution in [3.05, 3.63) is 60.4 Å². The Morgan fingerprint density at radius 1 is 1.00 bits per heavy atom. The van der Waals surface area contributed by atoms with E-state index in [0.717, 1.165) is 5.69 Å². The van der Waals surface area contributed by atoms with E-state index in [1.165, 1.54) is 6.33 Å². The van der Waals surface area contributed by atoms with Crippen molar-refractivity contribution in [1.29, 1.82) is 0 Å². The summed E-state index contributed by atoms with van der Waals surface area (Å²) >= 11 is 0. The zero-order valence-corrected chi connectivity index (χ0v) is 14.1. The SMILES string of the molecule is Nc1c(NNC(=O)c2ccccc2)ncnc1Nc1ccc2c(c1)OCO2. The first kappa shape index (κ1) is 16.5. The van der Waals surface area contributed by atoms with Gasteiger partial charge in [-0.25, -0.2) is 9.97 Å². The molecule has 2 aromatic carbocycles. The highest BCUT2D eigenvalue weighted by Gasteiger charge is 2.15. The third-order valence-corrected chi connectivity index (χ3v) is 3.85. The van der Waals surface area contributed by atoms with Crippen molar-refractivity contribution in [2.75, 3.05) is 23.3 Å². The molecular weight excluding hydrogens is 348 g/mol. The third-order valence-electron chi connectivity index (χ3n) is 3.85. The maximum Gasteiger partial charge on any atom is 0.269 e. The summed E-state index contributed by atoms with van der Waals surface area (Å²) in [7, 11) is 0. The minimum atomic E-state index is -0.307. The normalized spacial score (nSPS) is 11.7. The number of benzene rings is 2. The smallest absolute Gasteiger partial charge is 0.269 e. The number of nitrogen functional groups attached to an aromatic ring is 1. The van der Waals surface area contributed by atoms with Gasteiger partial charge in [-0.05, 0) is 24.3 Å². The van der Waals surface area contributed by atoms with E-state index in [-0.39, 0.29) is 24.2 Å². The topological polar surface area (TPSA) is 123 Å². The molecule has 0 aliphatic carbocycles. The average Bonchev–Trinajstić information content (AvgIpc) is 3.17. The van der Waals surface area contributed by atoms with Gasteiger partial charge in [-0.3, -0.25) is 15.6 Å². The largest absolute Gasteiger partial charge is 0.454 e. The summed E-state index contributed by atoms with van der Waals surface area (Å²) in [4.78, 5) is 20.3. The molecule has 1 aliphatic rings. The van der Waals surface area contributed by atoms with Crippen LogP contribution in [0.1, 0.15) is 10.4 Å². The molecule has 5 N–H and O–H groups in total. The lowest BCUT2D eigenvalue weighted by molar-refractivity contribution is 0.0962. The fraction of sp³-hybridized carbons (Fsp3) is 0.0556. The van der Waals surface area contributed by atoms with Crippen LogP contribution in [0.25, 0.3) is 0 Å². The van der Waals surface area contributed by atoms with Gasteiger partial charge in [0.15, 0.2) is 23.1 Å². The zero-order chi connectivity index (χ0) is 18.6. The Labute approximate surface area is 154 Å². The second-order valence-electron chi connectivity index (χ2n) is 5.62. The van der Waals surface area contributed by atoms with Gasteiger partial charge in [-0.1, -0.05) is 18.2 Å². The maximum absolute atomic E-state index is 12.1. The predicted octanol–water partition coefficient (Wildman–Crippen LogP) is 2.29. The molecule has 0 fully saturated rings. The lowest BCUT2D eigenvalue weighted by atomic mass is 10.2. The monoisotopic (exact) mass is 364 g/mol. The third kappa shape index (κ3) is 3.52. The summed E-state index contributed by atoms with van der Waals surface area (Å²) in [5.74, 6) is 1.68. The predicted molar refractivity (Wildman–Crippen MR) is 99.8 cm³/mol. The molecular formula is C18H16N6O3. The van der Waals surface area contributed by atoms with E-state index in [9.17, 15) is 4.79 Å². The molecule has 27 heavy (non-hydrogen) atoms. The number of hydrogen-bond donors (Lipinski definition) is 4. The van der Waals surface area contributed by atoms with E-state index in [1.54, 1.807) is 36.4 Å². The highest BCUT2D eigenvalue weighted by molar-refractivity contribution is 5.95. The number of nitrogens with zero attached hydrogens (tertiary/aromatic N) is 2. The molecule has 0 atom stereocenters. The number of aromatic nitrogens is 2. The molecule has 0 saturated carbocycles. The van der Waals surface area contributed by atoms with Crippen molar-refractivity contribution in [2.24, 2.45) is 0 Å². The van der Waals surface area contributed by atoms with Gasteiger partial charge < -0.3 is 20.5 Å². The average molecular weight is 364 g/mol. The molecule has 4 rings (SSSR count). The summed E-state index contributed by atoms with van der Waals surface area (Å²) < 4.78 is 10.6. The van der Waals surface area contributed by atoms with Crippen LogP contribution in [0.4, 0.5) is 23.0 Å². The van der Waals surface area contributed by atoms with Gasteiger partial charge in [-0.2, -0.15) is 0 Å². The van der Waals surface area contributed by atoms with Gasteiger partial charge in [0.2, 0.25) is 6.79 Å². The molecule has 0 bridgehead atoms. The molecule has 3 aromatic rings. The molecule has 0 radical (unpaired) electrons. The van der Waals surface area contributed by atoms with Gasteiger partial charge in [0.1, 0.15) is 12.0 Å². The maximum atomic E-state index is 12.1. The van der Waals surface area contributed by atoms with Gasteiger partial charge in [-0.15, -0.1) is 0 Å². The second kappa shape index (κ2) is 7.08. The van der Waals surface area contributed by atoms with Crippen LogP contribution in [0.2, 0.25) is 0 Å². The van der Waals surface area contributed by atoms with Gasteiger partial charge in [0.05, 0.1) is 0 Å². The number of nitrogens with two attached hydrogens (primary N) is 1. The van der Waals surface area contributed by atoms with Crippen LogP contribution in [0.15, 0.2) is 54.9 Å². The van der Waals surface area contributed by atoms with E-state index >= 15 is 0 Å². The van der Waals surface area contributed by atoms with Crippen LogP contribution in [0.3, 0.4) is 0 Å². The minimum absolute atomic E-state index is 0.198. The lowest BCUT2D eigenvalue weighted by Crippen LogP contribution is -2.30. The summed E-state index contributed by atoms with van der Waals surface area (Å²) in [6.45, 7) is 0.198. The molecule has 1 aromatic heterocycles. The second-order valence-corrected chi connectivity index (χ2v) is 5.62. The van der Waals surface area contributed by atoms with Crippen LogP contribution in [0.5, 0.6) is 11.5 Å². The highest BCUT2D eigenvalue weighted by Crippen LogP contribution is 2.35. The highest BCUT2D eigenvalue weighted by atomic mass is 16.7. The molecule has 0 spiro atoms. The van der Waals surface area contributed by atoms with E-state index in [0.29, 0.717) is 22.9 Å². The van der Waals surface area contributed by atoms with Crippen molar-refractivity contribution < 1.29 is 14.3 Å². The first-order valence-electron chi connectivity index (χ1n) is 8.09. The van der Waals surface area contributed by atoms with Gasteiger partial charge in [0.25, 0.3) is 5.91 Å². The number of anilines is 4. The molecule has 1 amide bonds. The van der Waals surface area contributed by atoms with Crippen LogP contribution >= 0.6 is 0 Å². The first-order chi connectivity index (χ1) is 13.2. The molecule has 9 heteroatoms. The van der Waals surface area contributed by atoms with Crippen molar-refractivity contribution in [3.63, 3.8) is 0 Å². The molecule has 136 valence electrons. The number of ether oxygens (including phenoxy) is 2. The van der Waals surface area contributed by atoms with Crippen LogP contribution in [0, 0.1) is 0 Å². The summed E-state index contributed by atoms with van der Waals surface area (Å²) in [5.41, 5.74) is 12.9. The Bertz CT molecular complexity index is 980. The van der Waals surface area contributed by atoms with Crippen LogP contribution < -0.4 is 31.4 Å².